The van der Waals surface area contributed by atoms with E-state index >= 15 is 0 Å². The molecule has 4 atom stereocenters. The average molecular weight is 604 g/mol. The van der Waals surface area contributed by atoms with E-state index in [9.17, 15) is 28.8 Å². The molecule has 2 bridgehead atoms. The van der Waals surface area contributed by atoms with E-state index < -0.39 is 35.1 Å². The van der Waals surface area contributed by atoms with Gasteiger partial charge in [-0.3, -0.25) is 28.8 Å². The molecule has 2 heterocycles. The van der Waals surface area contributed by atoms with Crippen LogP contribution < -0.4 is 26.8 Å². The summed E-state index contributed by atoms with van der Waals surface area (Å²) in [6, 6.07) is 8.86. The van der Waals surface area contributed by atoms with Gasteiger partial charge < -0.3 is 30.3 Å². The lowest BCUT2D eigenvalue weighted by molar-refractivity contribution is -0.138. The number of aromatic nitrogens is 1. The normalized spacial score (nSPS) is 19.4. The zero-order valence-corrected chi connectivity index (χ0v) is 24.8. The molecular weight excluding hydrogens is 566 g/mol. The molecule has 0 radical (unpaired) electrons. The first kappa shape index (κ1) is 30.7. The molecule has 2 fully saturated rings. The van der Waals surface area contributed by atoms with E-state index in [0.717, 1.165) is 24.6 Å². The van der Waals surface area contributed by atoms with Crippen molar-refractivity contribution in [1.29, 1.82) is 0 Å². The van der Waals surface area contributed by atoms with Crippen molar-refractivity contribution < 1.29 is 28.4 Å². The molecule has 2 aromatic heterocycles. The van der Waals surface area contributed by atoms with Crippen molar-refractivity contribution in [2.75, 3.05) is 11.9 Å². The minimum absolute atomic E-state index is 0.00242. The Kier molecular flexibility index (Phi) is 9.26. The molecule has 232 valence electrons. The molecule has 4 N–H and O–H groups in total. The van der Waals surface area contributed by atoms with Crippen LogP contribution in [0.2, 0.25) is 0 Å². The van der Waals surface area contributed by atoms with Crippen LogP contribution in [0.1, 0.15) is 61.6 Å². The summed E-state index contributed by atoms with van der Waals surface area (Å²) in [6.07, 6.45) is 5.34. The van der Waals surface area contributed by atoms with Crippen LogP contribution in [0.3, 0.4) is 0 Å². The number of para-hydroxylation sites is 1. The van der Waals surface area contributed by atoms with E-state index in [1.54, 1.807) is 32.0 Å². The van der Waals surface area contributed by atoms with Crippen LogP contribution in [0.25, 0.3) is 11.0 Å². The maximum atomic E-state index is 13.4. The number of hydrogen-bond acceptors (Lipinski definition) is 7. The first-order valence-electron chi connectivity index (χ1n) is 15.0. The molecule has 0 spiro atoms. The number of fused-ring (bicyclic) bond motifs is 3. The van der Waals surface area contributed by atoms with Gasteiger partial charge in [-0.15, -0.1) is 0 Å². The topological polar surface area (TPSA) is 169 Å². The van der Waals surface area contributed by atoms with Crippen molar-refractivity contribution in [3.8, 4) is 0 Å². The third kappa shape index (κ3) is 6.74. The van der Waals surface area contributed by atoms with Gasteiger partial charge in [0, 0.05) is 36.2 Å². The van der Waals surface area contributed by atoms with Gasteiger partial charge in [0.25, 0.3) is 17.4 Å². The first-order valence-corrected chi connectivity index (χ1v) is 15.0. The van der Waals surface area contributed by atoms with Crippen LogP contribution in [0.4, 0.5) is 5.69 Å². The van der Waals surface area contributed by atoms with Gasteiger partial charge in [0.15, 0.2) is 5.76 Å². The molecule has 0 aliphatic heterocycles. The second kappa shape index (κ2) is 13.3. The number of rotatable bonds is 12. The number of likely N-dealkylation sites (N-methyl/N-ethyl adjacent to an activating group) is 1. The Labute approximate surface area is 253 Å². The second-order valence-electron chi connectivity index (χ2n) is 11.6. The van der Waals surface area contributed by atoms with Crippen LogP contribution in [-0.4, -0.2) is 52.6 Å². The fraction of sp³-hybridized carbons (Fsp3) is 0.438. The number of hydrogen-bond donors (Lipinski definition) is 4. The van der Waals surface area contributed by atoms with Crippen molar-refractivity contribution in [2.45, 2.75) is 71.0 Å². The molecule has 2 aliphatic carbocycles. The van der Waals surface area contributed by atoms with Crippen molar-refractivity contribution >= 4 is 46.1 Å². The maximum absolute atomic E-state index is 13.4. The Hall–Kier alpha value is -4.74. The van der Waals surface area contributed by atoms with Crippen molar-refractivity contribution in [3.63, 3.8) is 0 Å². The van der Waals surface area contributed by atoms with Crippen molar-refractivity contribution in [3.05, 3.63) is 64.3 Å². The van der Waals surface area contributed by atoms with Crippen molar-refractivity contribution in [1.82, 2.24) is 20.5 Å². The van der Waals surface area contributed by atoms with Gasteiger partial charge in [-0.25, -0.2) is 0 Å². The lowest BCUT2D eigenvalue weighted by Gasteiger charge is -2.23. The van der Waals surface area contributed by atoms with E-state index in [1.165, 1.54) is 29.3 Å². The number of ketones is 1. The molecule has 0 saturated heterocycles. The van der Waals surface area contributed by atoms with Gasteiger partial charge in [-0.2, -0.15) is 0 Å². The molecule has 3 aromatic rings. The number of nitrogens with one attached hydrogen (secondary N) is 4. The third-order valence-corrected chi connectivity index (χ3v) is 8.60. The molecule has 2 aliphatic rings. The van der Waals surface area contributed by atoms with E-state index in [2.05, 4.69) is 21.3 Å². The molecular formula is C32H37N5O7. The largest absolute Gasteiger partial charge is 0.451 e. The Morgan fingerprint density at radius 1 is 1.05 bits per heavy atom. The highest BCUT2D eigenvalue weighted by atomic mass is 16.3. The predicted molar refractivity (Wildman–Crippen MR) is 162 cm³/mol. The molecule has 0 unspecified atom stereocenters. The predicted octanol–water partition coefficient (Wildman–Crippen LogP) is 2.43. The summed E-state index contributed by atoms with van der Waals surface area (Å²) in [5, 5.41) is 11.3. The van der Waals surface area contributed by atoms with E-state index in [1.807, 2.05) is 6.07 Å². The Bertz CT molecular complexity index is 1660. The number of furan rings is 1. The summed E-state index contributed by atoms with van der Waals surface area (Å²) in [5.74, 6) is -2.12. The Morgan fingerprint density at radius 2 is 1.84 bits per heavy atom. The highest BCUT2D eigenvalue weighted by Crippen LogP contribution is 2.44. The molecule has 44 heavy (non-hydrogen) atoms. The maximum Gasteiger partial charge on any atom is 0.287 e. The van der Waals surface area contributed by atoms with Crippen LogP contribution in [0.15, 0.2) is 51.8 Å². The van der Waals surface area contributed by atoms with Gasteiger partial charge >= 0.3 is 0 Å². The van der Waals surface area contributed by atoms with E-state index in [0.29, 0.717) is 23.0 Å². The third-order valence-electron chi connectivity index (χ3n) is 8.60. The number of Topliss-reactive ketones (excluding diaryl/α,β-unsaturated/α-hetero) is 1. The molecule has 12 nitrogen and oxygen atoms in total. The molecule has 1 aromatic carbocycles. The highest BCUT2D eigenvalue weighted by molar-refractivity contribution is 6.36. The van der Waals surface area contributed by atoms with E-state index in [-0.39, 0.29) is 49.3 Å². The van der Waals surface area contributed by atoms with Gasteiger partial charge in [0.05, 0.1) is 0 Å². The van der Waals surface area contributed by atoms with Gasteiger partial charge in [0.1, 0.15) is 23.9 Å². The van der Waals surface area contributed by atoms with Crippen LogP contribution >= 0.6 is 0 Å². The number of benzene rings is 1. The number of carbonyl (C=O) groups is 5. The Morgan fingerprint density at radius 3 is 2.55 bits per heavy atom. The smallest absolute Gasteiger partial charge is 0.287 e. The minimum Gasteiger partial charge on any atom is -0.451 e. The standard InChI is InChI=1S/C32H37N5O7/c1-3-33-30(41)25(38)13-12-22(35-31(42)28-18(2)21-7-4-5-9-26(21)44-28)29(40)36-23-8-6-14-37(32(23)43)17-27(39)34-24-16-19-10-11-20(24)15-19/h4-9,14,19-20,22,24H,3,10-13,15-17H2,1-2H3,(H,33,41)(H,34,39)(H,35,42)(H,36,40)/t19-,20+,22+,24-/m1/s1. The Balaban J connectivity index is 1.29. The molecule has 12 heteroatoms. The second-order valence-corrected chi connectivity index (χ2v) is 11.6. The molecule has 2 saturated carbocycles. The first-order chi connectivity index (χ1) is 21.1. The summed E-state index contributed by atoms with van der Waals surface area (Å²) >= 11 is 0. The van der Waals surface area contributed by atoms with Gasteiger partial charge in [-0.05, 0) is 69.6 Å². The quantitative estimate of drug-likeness (QED) is 0.231. The average Bonchev–Trinajstić information content (AvgIpc) is 3.72. The summed E-state index contributed by atoms with van der Waals surface area (Å²) in [7, 11) is 0. The summed E-state index contributed by atoms with van der Waals surface area (Å²) < 4.78 is 6.94. The fourth-order valence-corrected chi connectivity index (χ4v) is 6.34. The van der Waals surface area contributed by atoms with Crippen LogP contribution in [0.5, 0.6) is 0 Å². The number of pyridine rings is 1. The monoisotopic (exact) mass is 603 g/mol. The highest BCUT2D eigenvalue weighted by Gasteiger charge is 2.40. The fourth-order valence-electron chi connectivity index (χ4n) is 6.34. The van der Waals surface area contributed by atoms with Crippen LogP contribution in [0, 0.1) is 18.8 Å². The number of aryl methyl sites for hydroxylation is 1. The SMILES string of the molecule is CCNC(=O)C(=O)CC[C@H](NC(=O)c1oc2ccccc2c1C)C(=O)Nc1cccn(CC(=O)N[C@@H]2C[C@@H]3CC[C@H]2C3)c1=O. The minimum atomic E-state index is -1.29. The summed E-state index contributed by atoms with van der Waals surface area (Å²) in [5.41, 5.74) is 0.377. The van der Waals surface area contributed by atoms with Gasteiger partial charge in [-0.1, -0.05) is 24.6 Å². The molecule has 5 rings (SSSR count). The lowest BCUT2D eigenvalue weighted by Crippen LogP contribution is -2.45. The number of amides is 4. The summed E-state index contributed by atoms with van der Waals surface area (Å²) in [4.78, 5) is 77.0. The number of carbonyl (C=O) groups excluding carboxylic acids is 5. The zero-order chi connectivity index (χ0) is 31.4. The van der Waals surface area contributed by atoms with Crippen molar-refractivity contribution in [2.24, 2.45) is 11.8 Å². The van der Waals surface area contributed by atoms with Gasteiger partial charge in [0.2, 0.25) is 17.6 Å². The number of anilines is 1. The number of nitrogens with zero attached hydrogens (tertiary/aromatic N) is 1. The van der Waals surface area contributed by atoms with E-state index in [4.69, 9.17) is 4.42 Å². The lowest BCUT2D eigenvalue weighted by atomic mass is 9.95. The summed E-state index contributed by atoms with van der Waals surface area (Å²) in [6.45, 7) is 3.44. The zero-order valence-electron chi connectivity index (χ0n) is 24.8. The van der Waals surface area contributed by atoms with Crippen LogP contribution in [-0.2, 0) is 25.7 Å². The molecule has 4 amide bonds.